The van der Waals surface area contributed by atoms with Gasteiger partial charge in [0.05, 0.1) is 12.6 Å². The maximum absolute atomic E-state index is 14.1. The predicted molar refractivity (Wildman–Crippen MR) is 117 cm³/mol. The number of hydrogen-bond acceptors (Lipinski definition) is 8. The summed E-state index contributed by atoms with van der Waals surface area (Å²) < 4.78 is 15.5. The van der Waals surface area contributed by atoms with Crippen molar-refractivity contribution in [3.05, 3.63) is 34.1 Å². The second kappa shape index (κ2) is 9.34. The van der Waals surface area contributed by atoms with E-state index < -0.39 is 0 Å². The Morgan fingerprint density at radius 3 is 2.79 bits per heavy atom. The van der Waals surface area contributed by atoms with Gasteiger partial charge < -0.3 is 16.2 Å². The van der Waals surface area contributed by atoms with Gasteiger partial charge in [-0.2, -0.15) is 0 Å². The van der Waals surface area contributed by atoms with E-state index in [4.69, 9.17) is 5.73 Å². The highest BCUT2D eigenvalue weighted by Gasteiger charge is 2.17. The minimum absolute atomic E-state index is 0.00938. The van der Waals surface area contributed by atoms with Gasteiger partial charge in [0, 0.05) is 10.2 Å². The zero-order valence-electron chi connectivity index (χ0n) is 15.4. The second-order valence-electron chi connectivity index (χ2n) is 6.74. The van der Waals surface area contributed by atoms with Gasteiger partial charge in [0.15, 0.2) is 21.8 Å². The largest absolute Gasteiger partial charge is 0.394 e. The van der Waals surface area contributed by atoms with Gasteiger partial charge in [-0.25, -0.2) is 19.3 Å². The first-order valence-corrected chi connectivity index (χ1v) is 11.3. The van der Waals surface area contributed by atoms with Crippen LogP contribution in [0.25, 0.3) is 10.3 Å². The quantitative estimate of drug-likeness (QED) is 0.315. The first-order valence-electron chi connectivity index (χ1n) is 8.74. The highest BCUT2D eigenvalue weighted by Crippen LogP contribution is 2.32. The number of nitrogens with zero attached hydrogens (tertiary/aromatic N) is 3. The van der Waals surface area contributed by atoms with Crippen LogP contribution in [-0.4, -0.2) is 32.7 Å². The number of aromatic nitrogens is 3. The van der Waals surface area contributed by atoms with Crippen LogP contribution in [0, 0.1) is 11.7 Å². The molecule has 0 radical (unpaired) electrons. The molecule has 0 aliphatic heterocycles. The molecule has 0 saturated carbocycles. The van der Waals surface area contributed by atoms with Gasteiger partial charge in [0.1, 0.15) is 10.5 Å². The normalized spacial score (nSPS) is 12.6. The molecule has 10 heteroatoms. The van der Waals surface area contributed by atoms with Crippen LogP contribution >= 0.6 is 39.0 Å². The maximum Gasteiger partial charge on any atom is 0.191 e. The van der Waals surface area contributed by atoms with Gasteiger partial charge in [0.25, 0.3) is 0 Å². The maximum atomic E-state index is 14.1. The third-order valence-corrected chi connectivity index (χ3v) is 6.21. The minimum atomic E-state index is -0.281. The average Bonchev–Trinajstić information content (AvgIpc) is 3.00. The van der Waals surface area contributed by atoms with Gasteiger partial charge in [-0.15, -0.1) is 0 Å². The minimum Gasteiger partial charge on any atom is -0.394 e. The number of benzene rings is 1. The second-order valence-corrected chi connectivity index (χ2v) is 9.63. The van der Waals surface area contributed by atoms with Gasteiger partial charge >= 0.3 is 0 Å². The number of fused-ring (bicyclic) bond motifs is 1. The Morgan fingerprint density at radius 2 is 2.11 bits per heavy atom. The van der Waals surface area contributed by atoms with Crippen LogP contribution < -0.4 is 11.1 Å². The molecule has 0 aliphatic rings. The topological polar surface area (TPSA) is 97.0 Å². The molecule has 0 amide bonds. The van der Waals surface area contributed by atoms with E-state index in [1.54, 1.807) is 12.1 Å². The Kier molecular flexibility index (Phi) is 7.08. The van der Waals surface area contributed by atoms with Crippen LogP contribution in [-0.2, 0) is 5.75 Å². The standard InChI is InChI=1S/C18H21BrFN5OS2/c1-9(2)5-12(7-26)22-15-14-16(23-17(21)28-14)25-18(24-15)27-8-10-3-4-11(19)6-13(10)20/h3-4,6,9,12,26H,5,7-8H2,1-2H3,(H3,21,22,23,24,25)/i20-1. The third-order valence-electron chi connectivity index (χ3n) is 3.94. The van der Waals surface area contributed by atoms with Crippen molar-refractivity contribution in [3.63, 3.8) is 0 Å². The van der Waals surface area contributed by atoms with Crippen molar-refractivity contribution in [2.24, 2.45) is 5.92 Å². The van der Waals surface area contributed by atoms with Crippen LogP contribution in [0.15, 0.2) is 27.8 Å². The number of halogens is 2. The Hall–Kier alpha value is -1.49. The van der Waals surface area contributed by atoms with Crippen molar-refractivity contribution in [3.8, 4) is 0 Å². The smallest absolute Gasteiger partial charge is 0.191 e. The number of aliphatic hydroxyl groups is 1. The van der Waals surface area contributed by atoms with E-state index in [1.165, 1.54) is 29.2 Å². The van der Waals surface area contributed by atoms with E-state index in [0.717, 1.165) is 11.1 Å². The van der Waals surface area contributed by atoms with E-state index in [9.17, 15) is 9.50 Å². The number of nitrogens with one attached hydrogen (secondary N) is 1. The lowest BCUT2D eigenvalue weighted by Gasteiger charge is -2.19. The van der Waals surface area contributed by atoms with Crippen molar-refractivity contribution in [2.75, 3.05) is 17.7 Å². The van der Waals surface area contributed by atoms with Crippen molar-refractivity contribution < 1.29 is 9.50 Å². The van der Waals surface area contributed by atoms with Gasteiger partial charge in [-0.1, -0.05) is 58.9 Å². The lowest BCUT2D eigenvalue weighted by Crippen LogP contribution is -2.26. The fourth-order valence-electron chi connectivity index (χ4n) is 2.71. The first kappa shape index (κ1) is 21.2. The summed E-state index contributed by atoms with van der Waals surface area (Å²) >= 11 is 5.88. The SMILES string of the molecule is CC(C)CC(CO)Nc1nc(SCc2ccc(Br)cc2[18F])nc2nc(N)sc12. The zero-order valence-corrected chi connectivity index (χ0v) is 18.7. The predicted octanol–water partition coefficient (Wildman–Crippen LogP) is 4.68. The summed E-state index contributed by atoms with van der Waals surface area (Å²) in [5.41, 5.74) is 6.92. The van der Waals surface area contributed by atoms with Crippen molar-refractivity contribution in [1.82, 2.24) is 15.0 Å². The van der Waals surface area contributed by atoms with E-state index >= 15 is 0 Å². The number of anilines is 2. The fraction of sp³-hybridized carbons (Fsp3) is 0.389. The molecule has 0 bridgehead atoms. The molecule has 1 aromatic carbocycles. The number of nitrogen functional groups attached to an aromatic ring is 1. The monoisotopic (exact) mass is 484 g/mol. The number of thiazole rings is 1. The average molecular weight is 485 g/mol. The molecule has 1 unspecified atom stereocenters. The molecule has 150 valence electrons. The van der Waals surface area contributed by atoms with E-state index in [1.807, 2.05) is 0 Å². The Bertz CT molecular complexity index is 969. The molecule has 3 aromatic rings. The molecule has 0 spiro atoms. The van der Waals surface area contributed by atoms with Crippen molar-refractivity contribution in [1.29, 1.82) is 0 Å². The van der Waals surface area contributed by atoms with Crippen LogP contribution in [0.4, 0.5) is 15.3 Å². The lowest BCUT2D eigenvalue weighted by atomic mass is 10.0. The fourth-order valence-corrected chi connectivity index (χ4v) is 4.59. The van der Waals surface area contributed by atoms with Gasteiger partial charge in [0.2, 0.25) is 0 Å². The molecule has 6 nitrogen and oxygen atoms in total. The summed E-state index contributed by atoms with van der Waals surface area (Å²) in [7, 11) is 0. The van der Waals surface area contributed by atoms with Crippen LogP contribution in [0.2, 0.25) is 0 Å². The van der Waals surface area contributed by atoms with E-state index in [0.29, 0.717) is 43.5 Å². The third kappa shape index (κ3) is 5.31. The Labute approximate surface area is 179 Å². The zero-order chi connectivity index (χ0) is 20.3. The Morgan fingerprint density at radius 1 is 1.32 bits per heavy atom. The van der Waals surface area contributed by atoms with Gasteiger partial charge in [-0.3, -0.25) is 0 Å². The molecule has 0 aliphatic carbocycles. The number of aliphatic hydroxyl groups excluding tert-OH is 1. The first-order chi connectivity index (χ1) is 13.4. The van der Waals surface area contributed by atoms with Crippen LogP contribution in [0.3, 0.4) is 0 Å². The van der Waals surface area contributed by atoms with Crippen molar-refractivity contribution >= 4 is 60.3 Å². The summed E-state index contributed by atoms with van der Waals surface area (Å²) in [6, 6.07) is 4.83. The molecule has 0 saturated heterocycles. The van der Waals surface area contributed by atoms with E-state index in [2.05, 4.69) is 50.0 Å². The molecule has 4 N–H and O–H groups in total. The summed E-state index contributed by atoms with van der Waals surface area (Å²) in [6.07, 6.45) is 0.795. The molecule has 1 atom stereocenters. The molecule has 2 aromatic heterocycles. The molecule has 2 heterocycles. The highest BCUT2D eigenvalue weighted by molar-refractivity contribution is 9.10. The highest BCUT2D eigenvalue weighted by atomic mass is 79.9. The molecule has 28 heavy (non-hydrogen) atoms. The number of hydrogen-bond donors (Lipinski definition) is 3. The number of rotatable bonds is 8. The summed E-state index contributed by atoms with van der Waals surface area (Å²) in [5, 5.41) is 13.9. The Balaban J connectivity index is 1.86. The van der Waals surface area contributed by atoms with Crippen LogP contribution in [0.1, 0.15) is 25.8 Å². The molecular weight excluding hydrogens is 464 g/mol. The van der Waals surface area contributed by atoms with E-state index in [-0.39, 0.29) is 18.5 Å². The number of thioether (sulfide) groups is 1. The van der Waals surface area contributed by atoms with Gasteiger partial charge in [-0.05, 0) is 30.0 Å². The summed E-state index contributed by atoms with van der Waals surface area (Å²) in [4.78, 5) is 13.3. The number of nitrogens with two attached hydrogens (primary N) is 1. The van der Waals surface area contributed by atoms with Crippen molar-refractivity contribution in [2.45, 2.75) is 37.2 Å². The van der Waals surface area contributed by atoms with Crippen LogP contribution in [0.5, 0.6) is 0 Å². The molecule has 0 fully saturated rings. The summed E-state index contributed by atoms with van der Waals surface area (Å²) in [6.45, 7) is 4.18. The summed E-state index contributed by atoms with van der Waals surface area (Å²) in [5.74, 6) is 1.12. The molecular formula is C18H21BrFN5OS2. The molecule has 3 rings (SSSR count). The lowest BCUT2D eigenvalue weighted by molar-refractivity contribution is 0.259.